The molecule has 0 spiro atoms. The molecule has 0 aliphatic rings. The number of carbonyl (C=O) groups is 1. The number of fused-ring (bicyclic) bond motifs is 1. The van der Waals surface area contributed by atoms with Crippen molar-refractivity contribution < 1.29 is 9.90 Å². The van der Waals surface area contributed by atoms with Gasteiger partial charge in [-0.2, -0.15) is 5.10 Å². The van der Waals surface area contributed by atoms with Gasteiger partial charge in [-0.05, 0) is 26.0 Å². The van der Waals surface area contributed by atoms with Gasteiger partial charge in [0.05, 0.1) is 17.3 Å². The topological polar surface area (TPSA) is 55.1 Å². The number of hydrogen-bond donors (Lipinski definition) is 1. The molecular formula is C11H11BrN2O2. The van der Waals surface area contributed by atoms with Gasteiger partial charge in [-0.3, -0.25) is 4.68 Å². The fourth-order valence-corrected chi connectivity index (χ4v) is 2.15. The fourth-order valence-electron chi connectivity index (χ4n) is 1.70. The van der Waals surface area contributed by atoms with E-state index < -0.39 is 5.97 Å². The average Bonchev–Trinajstić information content (AvgIpc) is 2.59. The van der Waals surface area contributed by atoms with Crippen LogP contribution in [0.25, 0.3) is 10.9 Å². The highest BCUT2D eigenvalue weighted by Crippen LogP contribution is 2.26. The summed E-state index contributed by atoms with van der Waals surface area (Å²) < 4.78 is 2.56. The van der Waals surface area contributed by atoms with E-state index in [4.69, 9.17) is 5.11 Å². The molecule has 0 radical (unpaired) electrons. The Morgan fingerprint density at radius 1 is 1.50 bits per heavy atom. The summed E-state index contributed by atoms with van der Waals surface area (Å²) in [6.07, 6.45) is 1.60. The third kappa shape index (κ3) is 1.71. The van der Waals surface area contributed by atoms with Crippen LogP contribution in [-0.4, -0.2) is 20.9 Å². The molecule has 0 saturated carbocycles. The van der Waals surface area contributed by atoms with Crippen molar-refractivity contribution in [2.24, 2.45) is 0 Å². The van der Waals surface area contributed by atoms with Crippen molar-refractivity contribution in [2.75, 3.05) is 0 Å². The third-order valence-corrected chi connectivity index (χ3v) is 2.86. The lowest BCUT2D eigenvalue weighted by Crippen LogP contribution is -2.03. The number of aromatic carboxylic acids is 1. The van der Waals surface area contributed by atoms with Gasteiger partial charge in [0, 0.05) is 15.9 Å². The van der Waals surface area contributed by atoms with Crippen molar-refractivity contribution in [1.29, 1.82) is 0 Å². The zero-order chi connectivity index (χ0) is 11.9. The highest BCUT2D eigenvalue weighted by molar-refractivity contribution is 9.10. The predicted molar refractivity (Wildman–Crippen MR) is 64.8 cm³/mol. The lowest BCUT2D eigenvalue weighted by molar-refractivity contribution is 0.0699. The fraction of sp³-hybridized carbons (Fsp3) is 0.273. The Hall–Kier alpha value is -1.36. The van der Waals surface area contributed by atoms with Crippen molar-refractivity contribution in [1.82, 2.24) is 9.78 Å². The molecule has 2 rings (SSSR count). The summed E-state index contributed by atoms with van der Waals surface area (Å²) in [7, 11) is 0. The summed E-state index contributed by atoms with van der Waals surface area (Å²) >= 11 is 3.32. The van der Waals surface area contributed by atoms with Gasteiger partial charge < -0.3 is 5.11 Å². The number of carboxylic acid groups (broad SMARTS) is 1. The Bertz CT molecular complexity index is 560. The van der Waals surface area contributed by atoms with Gasteiger partial charge in [0.2, 0.25) is 0 Å². The quantitative estimate of drug-likeness (QED) is 0.921. The summed E-state index contributed by atoms with van der Waals surface area (Å²) in [5.74, 6) is -0.936. The van der Waals surface area contributed by atoms with E-state index in [0.29, 0.717) is 5.39 Å². The molecule has 1 aromatic heterocycles. The van der Waals surface area contributed by atoms with Gasteiger partial charge in [-0.1, -0.05) is 15.9 Å². The first-order chi connectivity index (χ1) is 7.50. The second-order valence-electron chi connectivity index (χ2n) is 3.87. The molecule has 2 aromatic rings. The molecule has 0 fully saturated rings. The molecule has 0 unspecified atom stereocenters. The number of halogens is 1. The molecule has 1 heterocycles. The van der Waals surface area contributed by atoms with Gasteiger partial charge in [0.15, 0.2) is 0 Å². The first-order valence-electron chi connectivity index (χ1n) is 4.90. The van der Waals surface area contributed by atoms with Crippen LogP contribution in [0.5, 0.6) is 0 Å². The molecular weight excluding hydrogens is 272 g/mol. The number of aromatic nitrogens is 2. The summed E-state index contributed by atoms with van der Waals surface area (Å²) in [6, 6.07) is 3.68. The highest BCUT2D eigenvalue weighted by Gasteiger charge is 2.14. The highest BCUT2D eigenvalue weighted by atomic mass is 79.9. The smallest absolute Gasteiger partial charge is 0.336 e. The largest absolute Gasteiger partial charge is 0.478 e. The first kappa shape index (κ1) is 11.1. The summed E-state index contributed by atoms with van der Waals surface area (Å²) in [5, 5.41) is 14.0. The van der Waals surface area contributed by atoms with Crippen molar-refractivity contribution in [3.05, 3.63) is 28.4 Å². The zero-order valence-electron chi connectivity index (χ0n) is 8.94. The van der Waals surface area contributed by atoms with Crippen LogP contribution >= 0.6 is 15.9 Å². The van der Waals surface area contributed by atoms with Crippen molar-refractivity contribution in [3.8, 4) is 0 Å². The molecule has 0 bridgehead atoms. The summed E-state index contributed by atoms with van der Waals surface area (Å²) in [5.41, 5.74) is 1.11. The zero-order valence-corrected chi connectivity index (χ0v) is 10.5. The molecule has 5 heteroatoms. The molecule has 0 amide bonds. The Morgan fingerprint density at radius 3 is 2.75 bits per heavy atom. The molecule has 1 N–H and O–H groups in total. The minimum atomic E-state index is -0.936. The van der Waals surface area contributed by atoms with Crippen LogP contribution in [0, 0.1) is 0 Å². The SMILES string of the molecule is CC(C)n1ncc2c(C(=O)O)cc(Br)cc21. The Balaban J connectivity index is 2.81. The van der Waals surface area contributed by atoms with Gasteiger partial charge >= 0.3 is 5.97 Å². The Labute approximate surface area is 101 Å². The van der Waals surface area contributed by atoms with E-state index in [0.717, 1.165) is 9.99 Å². The van der Waals surface area contributed by atoms with Crippen molar-refractivity contribution >= 4 is 32.8 Å². The number of carboxylic acids is 1. The molecule has 0 aliphatic carbocycles. The molecule has 0 atom stereocenters. The maximum Gasteiger partial charge on any atom is 0.336 e. The van der Waals surface area contributed by atoms with E-state index in [1.165, 1.54) is 0 Å². The monoisotopic (exact) mass is 282 g/mol. The third-order valence-electron chi connectivity index (χ3n) is 2.40. The van der Waals surface area contributed by atoms with Crippen molar-refractivity contribution in [2.45, 2.75) is 19.9 Å². The van der Waals surface area contributed by atoms with E-state index >= 15 is 0 Å². The van der Waals surface area contributed by atoms with Crippen molar-refractivity contribution in [3.63, 3.8) is 0 Å². The molecule has 0 saturated heterocycles. The number of hydrogen-bond acceptors (Lipinski definition) is 2. The molecule has 16 heavy (non-hydrogen) atoms. The Kier molecular flexibility index (Phi) is 2.71. The molecule has 4 nitrogen and oxygen atoms in total. The van der Waals surface area contributed by atoms with E-state index in [-0.39, 0.29) is 11.6 Å². The summed E-state index contributed by atoms with van der Waals surface area (Å²) in [4.78, 5) is 11.1. The van der Waals surface area contributed by atoms with Crippen LogP contribution in [0.2, 0.25) is 0 Å². The normalized spacial score (nSPS) is 11.2. The van der Waals surface area contributed by atoms with E-state index in [9.17, 15) is 4.79 Å². The number of benzene rings is 1. The van der Waals surface area contributed by atoms with E-state index in [2.05, 4.69) is 21.0 Å². The maximum absolute atomic E-state index is 11.1. The van der Waals surface area contributed by atoms with Crippen LogP contribution < -0.4 is 0 Å². The minimum Gasteiger partial charge on any atom is -0.478 e. The standard InChI is InChI=1S/C11H11BrN2O2/c1-6(2)14-10-4-7(12)3-8(11(15)16)9(10)5-13-14/h3-6H,1-2H3,(H,15,16). The molecule has 1 aromatic carbocycles. The van der Waals surface area contributed by atoms with Gasteiger partial charge in [0.1, 0.15) is 0 Å². The van der Waals surface area contributed by atoms with Crippen LogP contribution in [0.4, 0.5) is 0 Å². The molecule has 84 valence electrons. The minimum absolute atomic E-state index is 0.202. The Morgan fingerprint density at radius 2 is 2.19 bits per heavy atom. The van der Waals surface area contributed by atoms with Gasteiger partial charge in [-0.15, -0.1) is 0 Å². The predicted octanol–water partition coefficient (Wildman–Crippen LogP) is 3.08. The van der Waals surface area contributed by atoms with Crippen LogP contribution in [0.15, 0.2) is 22.8 Å². The summed E-state index contributed by atoms with van der Waals surface area (Å²) in [6.45, 7) is 4.02. The lowest BCUT2D eigenvalue weighted by Gasteiger charge is -2.07. The molecule has 0 aliphatic heterocycles. The van der Waals surface area contributed by atoms with E-state index in [1.807, 2.05) is 24.6 Å². The number of nitrogens with zero attached hydrogens (tertiary/aromatic N) is 2. The van der Waals surface area contributed by atoms with Crippen LogP contribution in [0.1, 0.15) is 30.2 Å². The van der Waals surface area contributed by atoms with E-state index in [1.54, 1.807) is 12.3 Å². The van der Waals surface area contributed by atoms with Gasteiger partial charge in [-0.25, -0.2) is 4.79 Å². The second-order valence-corrected chi connectivity index (χ2v) is 4.79. The van der Waals surface area contributed by atoms with Crippen LogP contribution in [-0.2, 0) is 0 Å². The first-order valence-corrected chi connectivity index (χ1v) is 5.70. The van der Waals surface area contributed by atoms with Crippen LogP contribution in [0.3, 0.4) is 0 Å². The number of rotatable bonds is 2. The van der Waals surface area contributed by atoms with Gasteiger partial charge in [0.25, 0.3) is 0 Å². The second kappa shape index (κ2) is 3.90. The lowest BCUT2D eigenvalue weighted by atomic mass is 10.1. The average molecular weight is 283 g/mol. The maximum atomic E-state index is 11.1.